The predicted octanol–water partition coefficient (Wildman–Crippen LogP) is 3.57. The van der Waals surface area contributed by atoms with E-state index in [0.717, 1.165) is 22.5 Å². The number of hydrogen-bond donors (Lipinski definition) is 2. The second kappa shape index (κ2) is 6.83. The van der Waals surface area contributed by atoms with Gasteiger partial charge in [0.15, 0.2) is 12.2 Å². The molecule has 0 atom stereocenters. The number of benzene rings is 2. The van der Waals surface area contributed by atoms with Gasteiger partial charge in [0, 0.05) is 11.8 Å². The summed E-state index contributed by atoms with van der Waals surface area (Å²) in [6, 6.07) is 13.5. The third kappa shape index (κ3) is 3.32. The van der Waals surface area contributed by atoms with Crippen molar-refractivity contribution in [2.75, 3.05) is 18.2 Å². The molecule has 0 aliphatic heterocycles. The van der Waals surface area contributed by atoms with Crippen molar-refractivity contribution >= 4 is 17.6 Å². The topological polar surface area (TPSA) is 104 Å². The van der Waals surface area contributed by atoms with E-state index in [-0.39, 0.29) is 0 Å². The van der Waals surface area contributed by atoms with Gasteiger partial charge in [0.1, 0.15) is 5.75 Å². The Labute approximate surface area is 155 Å². The number of nitrogen functional groups attached to an aromatic ring is 1. The number of methoxy groups -OCH3 is 1. The minimum absolute atomic E-state index is 0.299. The molecule has 0 spiro atoms. The zero-order chi connectivity index (χ0) is 18.8. The lowest BCUT2D eigenvalue weighted by Crippen LogP contribution is -2.02. The number of rotatable bonds is 5. The molecular weight excluding hydrogens is 344 g/mol. The zero-order valence-electron chi connectivity index (χ0n) is 14.9. The van der Waals surface area contributed by atoms with E-state index in [2.05, 4.69) is 20.4 Å². The maximum Gasteiger partial charge on any atom is 0.248 e. The Morgan fingerprint density at radius 2 is 2.07 bits per heavy atom. The minimum Gasteiger partial charge on any atom is -0.496 e. The van der Waals surface area contributed by atoms with Gasteiger partial charge in [-0.15, -0.1) is 5.10 Å². The van der Waals surface area contributed by atoms with E-state index in [1.165, 1.54) is 6.39 Å². The van der Waals surface area contributed by atoms with E-state index in [9.17, 15) is 0 Å². The Bertz CT molecular complexity index is 1070. The Kier molecular flexibility index (Phi) is 4.21. The lowest BCUT2D eigenvalue weighted by molar-refractivity contribution is 0.415. The van der Waals surface area contributed by atoms with Crippen LogP contribution in [0.2, 0.25) is 0 Å². The molecule has 3 N–H and O–H groups in total. The highest BCUT2D eigenvalue weighted by Crippen LogP contribution is 2.33. The van der Waals surface area contributed by atoms with E-state index in [0.29, 0.717) is 23.4 Å². The van der Waals surface area contributed by atoms with Gasteiger partial charge in [-0.25, -0.2) is 4.98 Å². The van der Waals surface area contributed by atoms with Gasteiger partial charge in [-0.05, 0) is 36.8 Å². The second-order valence-corrected chi connectivity index (χ2v) is 5.95. The molecule has 0 saturated carbocycles. The minimum atomic E-state index is 0.299. The molecule has 2 heterocycles. The van der Waals surface area contributed by atoms with Crippen LogP contribution in [0.4, 0.5) is 17.6 Å². The number of nitrogens with zero attached hydrogens (tertiary/aromatic N) is 4. The summed E-state index contributed by atoms with van der Waals surface area (Å²) in [5.74, 6) is 1.96. The van der Waals surface area contributed by atoms with Gasteiger partial charge >= 0.3 is 0 Å². The molecule has 2 aromatic heterocycles. The fraction of sp³-hybridized carbons (Fsp3) is 0.105. The fourth-order valence-electron chi connectivity index (χ4n) is 2.78. The number of hydrogen-bond acceptors (Lipinski definition) is 7. The van der Waals surface area contributed by atoms with Gasteiger partial charge in [-0.1, -0.05) is 12.1 Å². The summed E-state index contributed by atoms with van der Waals surface area (Å²) in [6.45, 7) is 2.01. The van der Waals surface area contributed by atoms with E-state index in [1.807, 2.05) is 49.4 Å². The van der Waals surface area contributed by atoms with Crippen LogP contribution >= 0.6 is 0 Å². The molecule has 8 nitrogen and oxygen atoms in total. The molecule has 8 heteroatoms. The summed E-state index contributed by atoms with van der Waals surface area (Å²) in [6.07, 6.45) is 3.02. The molecule has 0 aliphatic rings. The normalized spacial score (nSPS) is 10.7. The summed E-state index contributed by atoms with van der Waals surface area (Å²) in [5, 5.41) is 7.59. The maximum absolute atomic E-state index is 6.03. The van der Waals surface area contributed by atoms with Crippen LogP contribution in [0.25, 0.3) is 17.0 Å². The van der Waals surface area contributed by atoms with Crippen LogP contribution in [-0.2, 0) is 0 Å². The number of aryl methyl sites for hydroxylation is 1. The van der Waals surface area contributed by atoms with Gasteiger partial charge in [0.25, 0.3) is 0 Å². The molecular formula is C19H18N6O2. The van der Waals surface area contributed by atoms with Crippen molar-refractivity contribution in [3.63, 3.8) is 0 Å². The van der Waals surface area contributed by atoms with Gasteiger partial charge in [0.2, 0.25) is 11.9 Å². The maximum atomic E-state index is 6.03. The van der Waals surface area contributed by atoms with Crippen molar-refractivity contribution in [1.29, 1.82) is 0 Å². The fourth-order valence-corrected chi connectivity index (χ4v) is 2.78. The SMILES string of the molecule is COc1cc(Nc2nc(N)n(-c3cccc(C)c3)n2)ccc1-c1cnco1. The first-order valence-corrected chi connectivity index (χ1v) is 8.27. The molecule has 0 amide bonds. The highest BCUT2D eigenvalue weighted by Gasteiger charge is 2.13. The lowest BCUT2D eigenvalue weighted by atomic mass is 10.1. The molecule has 27 heavy (non-hydrogen) atoms. The molecule has 0 radical (unpaired) electrons. The Balaban J connectivity index is 1.62. The second-order valence-electron chi connectivity index (χ2n) is 5.95. The van der Waals surface area contributed by atoms with E-state index < -0.39 is 0 Å². The average Bonchev–Trinajstić information content (AvgIpc) is 3.31. The number of anilines is 3. The van der Waals surface area contributed by atoms with E-state index in [4.69, 9.17) is 14.9 Å². The number of nitrogens with two attached hydrogens (primary N) is 1. The predicted molar refractivity (Wildman–Crippen MR) is 102 cm³/mol. The highest BCUT2D eigenvalue weighted by molar-refractivity contribution is 5.70. The van der Waals surface area contributed by atoms with E-state index >= 15 is 0 Å². The standard InChI is InChI=1S/C19H18N6O2/c1-12-4-3-5-14(8-12)25-18(20)23-19(24-25)22-13-6-7-15(16(9-13)26-2)17-10-21-11-27-17/h3-11H,1-2H3,(H3,20,22,23,24). The summed E-state index contributed by atoms with van der Waals surface area (Å²) in [7, 11) is 1.60. The molecule has 0 aliphatic carbocycles. The van der Waals surface area contributed by atoms with Crippen LogP contribution in [0.1, 0.15) is 5.56 Å². The first-order chi connectivity index (χ1) is 13.1. The third-order valence-corrected chi connectivity index (χ3v) is 4.03. The van der Waals surface area contributed by atoms with Gasteiger partial charge in [-0.3, -0.25) is 0 Å². The molecule has 0 fully saturated rings. The van der Waals surface area contributed by atoms with Crippen LogP contribution in [0.15, 0.2) is 59.5 Å². The molecule has 0 unspecified atom stereocenters. The van der Waals surface area contributed by atoms with Crippen LogP contribution in [0.5, 0.6) is 5.75 Å². The smallest absolute Gasteiger partial charge is 0.248 e. The quantitative estimate of drug-likeness (QED) is 0.559. The summed E-state index contributed by atoms with van der Waals surface area (Å²) in [4.78, 5) is 8.23. The first-order valence-electron chi connectivity index (χ1n) is 8.27. The number of ether oxygens (including phenoxy) is 1. The number of aromatic nitrogens is 4. The number of oxazole rings is 1. The molecule has 4 rings (SSSR count). The highest BCUT2D eigenvalue weighted by atomic mass is 16.5. The zero-order valence-corrected chi connectivity index (χ0v) is 14.9. The first kappa shape index (κ1) is 16.6. The van der Waals surface area contributed by atoms with Crippen molar-refractivity contribution < 1.29 is 9.15 Å². The average molecular weight is 362 g/mol. The molecule has 0 bridgehead atoms. The van der Waals surface area contributed by atoms with Gasteiger partial charge in [0.05, 0.1) is 24.6 Å². The van der Waals surface area contributed by atoms with Crippen LogP contribution in [0.3, 0.4) is 0 Å². The van der Waals surface area contributed by atoms with Gasteiger partial charge < -0.3 is 20.2 Å². The lowest BCUT2D eigenvalue weighted by Gasteiger charge is -2.09. The summed E-state index contributed by atoms with van der Waals surface area (Å²) in [5.41, 5.74) is 9.56. The molecule has 136 valence electrons. The summed E-state index contributed by atoms with van der Waals surface area (Å²) < 4.78 is 12.4. The Hall–Kier alpha value is -3.81. The summed E-state index contributed by atoms with van der Waals surface area (Å²) >= 11 is 0. The Morgan fingerprint density at radius 3 is 2.81 bits per heavy atom. The van der Waals surface area contributed by atoms with Gasteiger partial charge in [-0.2, -0.15) is 9.67 Å². The van der Waals surface area contributed by atoms with Crippen LogP contribution in [0, 0.1) is 6.92 Å². The molecule has 4 aromatic rings. The van der Waals surface area contributed by atoms with Crippen molar-refractivity contribution in [2.24, 2.45) is 0 Å². The molecule has 0 saturated heterocycles. The van der Waals surface area contributed by atoms with Crippen LogP contribution < -0.4 is 15.8 Å². The van der Waals surface area contributed by atoms with Crippen molar-refractivity contribution in [3.8, 4) is 22.8 Å². The van der Waals surface area contributed by atoms with Crippen molar-refractivity contribution in [3.05, 3.63) is 60.6 Å². The van der Waals surface area contributed by atoms with Crippen molar-refractivity contribution in [1.82, 2.24) is 19.7 Å². The van der Waals surface area contributed by atoms with Crippen molar-refractivity contribution in [2.45, 2.75) is 6.92 Å². The number of nitrogens with one attached hydrogen (secondary N) is 1. The largest absolute Gasteiger partial charge is 0.496 e. The Morgan fingerprint density at radius 1 is 1.19 bits per heavy atom. The molecule has 2 aromatic carbocycles. The van der Waals surface area contributed by atoms with Crippen LogP contribution in [-0.4, -0.2) is 26.9 Å². The van der Waals surface area contributed by atoms with E-state index in [1.54, 1.807) is 18.0 Å². The third-order valence-electron chi connectivity index (χ3n) is 4.03. The monoisotopic (exact) mass is 362 g/mol.